The van der Waals surface area contributed by atoms with E-state index in [0.717, 1.165) is 22.6 Å². The summed E-state index contributed by atoms with van der Waals surface area (Å²) in [5.41, 5.74) is 8.59. The maximum absolute atomic E-state index is 5.82. The Hall–Kier alpha value is -1.55. The number of hydrogen-bond acceptors (Lipinski definition) is 4. The fourth-order valence-corrected chi connectivity index (χ4v) is 2.74. The largest absolute Gasteiger partial charge is 0.399 e. The molecule has 4 nitrogen and oxygen atoms in total. The minimum absolute atomic E-state index is 0. The fraction of sp³-hybridized carbons (Fsp3) is 0.467. The van der Waals surface area contributed by atoms with Crippen molar-refractivity contribution >= 4 is 18.1 Å². The van der Waals surface area contributed by atoms with Gasteiger partial charge in [0.1, 0.15) is 0 Å². The van der Waals surface area contributed by atoms with Gasteiger partial charge in [0.25, 0.3) is 5.89 Å². The molecule has 0 saturated heterocycles. The summed E-state index contributed by atoms with van der Waals surface area (Å²) in [5.74, 6) is 1.91. The zero-order chi connectivity index (χ0) is 13.2. The molecule has 0 aliphatic heterocycles. The predicted octanol–water partition coefficient (Wildman–Crippen LogP) is 4.10. The number of nitrogens with two attached hydrogens (primary N) is 1. The second-order valence-electron chi connectivity index (χ2n) is 5.37. The van der Waals surface area contributed by atoms with Crippen LogP contribution in [0.15, 0.2) is 22.7 Å². The van der Waals surface area contributed by atoms with Crippen LogP contribution in [0.25, 0.3) is 11.5 Å². The van der Waals surface area contributed by atoms with E-state index in [1.807, 2.05) is 25.1 Å². The molecule has 0 bridgehead atoms. The van der Waals surface area contributed by atoms with Gasteiger partial charge in [0, 0.05) is 17.2 Å². The number of rotatable bonds is 2. The van der Waals surface area contributed by atoms with Crippen LogP contribution in [0.2, 0.25) is 0 Å². The Morgan fingerprint density at radius 3 is 2.70 bits per heavy atom. The van der Waals surface area contributed by atoms with E-state index >= 15 is 0 Å². The number of hydrogen-bond donors (Lipinski definition) is 1. The van der Waals surface area contributed by atoms with Gasteiger partial charge in [-0.05, 0) is 37.5 Å². The quantitative estimate of drug-likeness (QED) is 0.847. The highest BCUT2D eigenvalue weighted by Crippen LogP contribution is 2.32. The summed E-state index contributed by atoms with van der Waals surface area (Å²) in [6, 6.07) is 5.76. The van der Waals surface area contributed by atoms with Crippen LogP contribution < -0.4 is 5.73 Å². The SMILES string of the molecule is Cc1ccc(N)cc1-c1nc(C2CCCCC2)no1.Cl. The molecule has 1 saturated carbocycles. The fourth-order valence-electron chi connectivity index (χ4n) is 2.74. The van der Waals surface area contributed by atoms with Crippen LogP contribution in [-0.4, -0.2) is 10.1 Å². The predicted molar refractivity (Wildman–Crippen MR) is 82.0 cm³/mol. The molecule has 2 aromatic rings. The molecule has 0 unspecified atom stereocenters. The topological polar surface area (TPSA) is 64.9 Å². The van der Waals surface area contributed by atoms with Crippen LogP contribution in [0.5, 0.6) is 0 Å². The summed E-state index contributed by atoms with van der Waals surface area (Å²) < 4.78 is 5.42. The lowest BCUT2D eigenvalue weighted by molar-refractivity contribution is 0.385. The zero-order valence-corrected chi connectivity index (χ0v) is 12.4. The molecule has 2 N–H and O–H groups in total. The molecule has 5 heteroatoms. The molecule has 20 heavy (non-hydrogen) atoms. The van der Waals surface area contributed by atoms with Crippen molar-refractivity contribution in [2.24, 2.45) is 0 Å². The summed E-state index contributed by atoms with van der Waals surface area (Å²) in [5, 5.41) is 4.16. The highest BCUT2D eigenvalue weighted by atomic mass is 35.5. The second kappa shape index (κ2) is 6.27. The van der Waals surface area contributed by atoms with Crippen LogP contribution in [-0.2, 0) is 0 Å². The first kappa shape index (κ1) is 14.9. The molecule has 0 atom stereocenters. The Balaban J connectivity index is 0.00000147. The monoisotopic (exact) mass is 293 g/mol. The average molecular weight is 294 g/mol. The number of aryl methyl sites for hydroxylation is 1. The van der Waals surface area contributed by atoms with E-state index in [2.05, 4.69) is 10.1 Å². The number of anilines is 1. The van der Waals surface area contributed by atoms with Gasteiger partial charge in [0.05, 0.1) is 0 Å². The molecule has 108 valence electrons. The minimum Gasteiger partial charge on any atom is -0.399 e. The van der Waals surface area contributed by atoms with Crippen molar-refractivity contribution in [3.8, 4) is 11.5 Å². The number of nitrogens with zero attached hydrogens (tertiary/aromatic N) is 2. The van der Waals surface area contributed by atoms with Gasteiger partial charge in [0.15, 0.2) is 5.82 Å². The molecule has 1 aliphatic carbocycles. The van der Waals surface area contributed by atoms with Crippen molar-refractivity contribution in [1.82, 2.24) is 10.1 Å². The van der Waals surface area contributed by atoms with Crippen molar-refractivity contribution in [2.75, 3.05) is 5.73 Å². The van der Waals surface area contributed by atoms with E-state index in [0.29, 0.717) is 11.8 Å². The van der Waals surface area contributed by atoms with E-state index in [-0.39, 0.29) is 12.4 Å². The van der Waals surface area contributed by atoms with E-state index in [1.165, 1.54) is 32.1 Å². The molecule has 1 aromatic carbocycles. The van der Waals surface area contributed by atoms with Gasteiger partial charge < -0.3 is 10.3 Å². The van der Waals surface area contributed by atoms with Gasteiger partial charge in [-0.2, -0.15) is 4.98 Å². The van der Waals surface area contributed by atoms with Crippen LogP contribution in [0, 0.1) is 6.92 Å². The molecule has 1 aliphatic rings. The second-order valence-corrected chi connectivity index (χ2v) is 5.37. The smallest absolute Gasteiger partial charge is 0.258 e. The molecular weight excluding hydrogens is 274 g/mol. The lowest BCUT2D eigenvalue weighted by atomic mass is 9.89. The first-order chi connectivity index (χ1) is 9.24. The molecule has 0 amide bonds. The van der Waals surface area contributed by atoms with Gasteiger partial charge in [-0.1, -0.05) is 30.5 Å². The van der Waals surface area contributed by atoms with E-state index in [4.69, 9.17) is 10.3 Å². The lowest BCUT2D eigenvalue weighted by Crippen LogP contribution is -2.06. The van der Waals surface area contributed by atoms with Gasteiger partial charge in [-0.25, -0.2) is 0 Å². The summed E-state index contributed by atoms with van der Waals surface area (Å²) in [4.78, 5) is 4.57. The number of benzene rings is 1. The third kappa shape index (κ3) is 2.96. The highest BCUT2D eigenvalue weighted by Gasteiger charge is 2.21. The van der Waals surface area contributed by atoms with Crippen molar-refractivity contribution < 1.29 is 4.52 Å². The molecule has 3 rings (SSSR count). The lowest BCUT2D eigenvalue weighted by Gasteiger charge is -2.17. The molecule has 1 aromatic heterocycles. The van der Waals surface area contributed by atoms with Gasteiger partial charge in [-0.15, -0.1) is 12.4 Å². The number of nitrogen functional groups attached to an aromatic ring is 1. The van der Waals surface area contributed by atoms with E-state index in [9.17, 15) is 0 Å². The standard InChI is InChI=1S/C15H19N3O.ClH/c1-10-7-8-12(16)9-13(10)15-17-14(18-19-15)11-5-3-2-4-6-11;/h7-9,11H,2-6,16H2,1H3;1H. The van der Waals surface area contributed by atoms with Gasteiger partial charge in [-0.3, -0.25) is 0 Å². The maximum Gasteiger partial charge on any atom is 0.258 e. The molecule has 0 radical (unpaired) electrons. The summed E-state index contributed by atoms with van der Waals surface area (Å²) in [6.45, 7) is 2.03. The minimum atomic E-state index is 0. The first-order valence-corrected chi connectivity index (χ1v) is 6.94. The summed E-state index contributed by atoms with van der Waals surface area (Å²) in [6.07, 6.45) is 6.22. The molecule has 0 spiro atoms. The Kier molecular flexibility index (Phi) is 4.65. The van der Waals surface area contributed by atoms with Crippen LogP contribution in [0.4, 0.5) is 5.69 Å². The Labute approximate surface area is 125 Å². The normalized spacial score (nSPS) is 15.8. The highest BCUT2D eigenvalue weighted by molar-refractivity contribution is 5.85. The van der Waals surface area contributed by atoms with Gasteiger partial charge in [0.2, 0.25) is 0 Å². The third-order valence-electron chi connectivity index (χ3n) is 3.90. The van der Waals surface area contributed by atoms with Crippen molar-refractivity contribution in [3.63, 3.8) is 0 Å². The molecular formula is C15H20ClN3O. The summed E-state index contributed by atoms with van der Waals surface area (Å²) >= 11 is 0. The molecule has 1 heterocycles. The Bertz CT molecular complexity index is 576. The third-order valence-corrected chi connectivity index (χ3v) is 3.90. The first-order valence-electron chi connectivity index (χ1n) is 6.94. The molecule has 1 fully saturated rings. The summed E-state index contributed by atoms with van der Waals surface area (Å²) in [7, 11) is 0. The average Bonchev–Trinajstić information content (AvgIpc) is 2.92. The van der Waals surface area contributed by atoms with Crippen LogP contribution in [0.1, 0.15) is 49.4 Å². The number of aromatic nitrogens is 2. The van der Waals surface area contributed by atoms with Crippen molar-refractivity contribution in [1.29, 1.82) is 0 Å². The Morgan fingerprint density at radius 2 is 1.95 bits per heavy atom. The van der Waals surface area contributed by atoms with E-state index in [1.54, 1.807) is 0 Å². The zero-order valence-electron chi connectivity index (χ0n) is 11.6. The van der Waals surface area contributed by atoms with Crippen LogP contribution in [0.3, 0.4) is 0 Å². The van der Waals surface area contributed by atoms with Crippen LogP contribution >= 0.6 is 12.4 Å². The Morgan fingerprint density at radius 1 is 1.20 bits per heavy atom. The van der Waals surface area contributed by atoms with E-state index < -0.39 is 0 Å². The van der Waals surface area contributed by atoms with Crippen molar-refractivity contribution in [2.45, 2.75) is 44.9 Å². The van der Waals surface area contributed by atoms with Crippen molar-refractivity contribution in [3.05, 3.63) is 29.6 Å². The van der Waals surface area contributed by atoms with Gasteiger partial charge >= 0.3 is 0 Å². The maximum atomic E-state index is 5.82. The number of halogens is 1.